The molecule has 2 saturated carbocycles. The summed E-state index contributed by atoms with van der Waals surface area (Å²) in [5.74, 6) is -1.06. The summed E-state index contributed by atoms with van der Waals surface area (Å²) >= 11 is 3.45. The number of hydrogen-bond donors (Lipinski definition) is 1. The number of carbonyl (C=O) groups excluding carboxylic acids is 4. The summed E-state index contributed by atoms with van der Waals surface area (Å²) in [7, 11) is 0. The predicted molar refractivity (Wildman–Crippen MR) is 129 cm³/mol. The second-order valence-corrected chi connectivity index (χ2v) is 10.3. The first-order valence-corrected chi connectivity index (χ1v) is 12.3. The van der Waals surface area contributed by atoms with Gasteiger partial charge in [0.2, 0.25) is 11.8 Å². The lowest BCUT2D eigenvalue weighted by Crippen LogP contribution is -2.32. The number of nitrogens with zero attached hydrogens (tertiary/aromatic N) is 1. The summed E-state index contributed by atoms with van der Waals surface area (Å²) in [6.45, 7) is 3.37. The van der Waals surface area contributed by atoms with Crippen molar-refractivity contribution in [3.63, 3.8) is 0 Å². The highest BCUT2D eigenvalue weighted by Crippen LogP contribution is 2.56. The van der Waals surface area contributed by atoms with E-state index in [1.54, 1.807) is 12.1 Å². The molecular formula is C26H25BrN2O5. The Morgan fingerprint density at radius 3 is 2.24 bits per heavy atom. The summed E-state index contributed by atoms with van der Waals surface area (Å²) in [4.78, 5) is 51.9. The lowest BCUT2D eigenvalue weighted by molar-refractivity contribution is -0.123. The van der Waals surface area contributed by atoms with Gasteiger partial charge in [0.25, 0.3) is 5.91 Å². The third-order valence-electron chi connectivity index (χ3n) is 7.40. The molecule has 4 atom stereocenters. The molecule has 1 saturated heterocycles. The average molecular weight is 525 g/mol. The van der Waals surface area contributed by atoms with E-state index in [-0.39, 0.29) is 29.2 Å². The maximum Gasteiger partial charge on any atom is 0.338 e. The maximum atomic E-state index is 13.0. The van der Waals surface area contributed by atoms with Gasteiger partial charge < -0.3 is 10.1 Å². The van der Waals surface area contributed by atoms with E-state index in [4.69, 9.17) is 4.74 Å². The van der Waals surface area contributed by atoms with Gasteiger partial charge in [-0.2, -0.15) is 0 Å². The molecule has 2 aliphatic carbocycles. The molecule has 0 aromatic heterocycles. The Labute approximate surface area is 206 Å². The molecule has 34 heavy (non-hydrogen) atoms. The number of rotatable bonds is 5. The van der Waals surface area contributed by atoms with Gasteiger partial charge >= 0.3 is 5.97 Å². The normalized spacial score (nSPS) is 25.0. The zero-order valence-electron chi connectivity index (χ0n) is 19.0. The minimum absolute atomic E-state index is 0.118. The van der Waals surface area contributed by atoms with E-state index in [2.05, 4.69) is 21.2 Å². The number of anilines is 2. The number of imide groups is 1. The van der Waals surface area contributed by atoms with Crippen LogP contribution in [-0.4, -0.2) is 30.3 Å². The summed E-state index contributed by atoms with van der Waals surface area (Å²) in [5, 5.41) is 2.75. The molecule has 1 N–H and O–H groups in total. The van der Waals surface area contributed by atoms with Gasteiger partial charge in [-0.3, -0.25) is 19.3 Å². The molecule has 2 aromatic carbocycles. The van der Waals surface area contributed by atoms with Crippen LogP contribution in [0, 0.1) is 37.5 Å². The Balaban J connectivity index is 1.20. The SMILES string of the molecule is Cc1cc(NC(=O)COC(=O)c2ccc(N3C(=O)[C@@H]4[C@H]5CC[C@@H](C5)[C@H]4C3=O)cc2)c(C)cc1Br. The lowest BCUT2D eigenvalue weighted by atomic mass is 9.81. The van der Waals surface area contributed by atoms with Crippen LogP contribution in [0.15, 0.2) is 40.9 Å². The zero-order chi connectivity index (χ0) is 24.1. The molecule has 176 valence electrons. The van der Waals surface area contributed by atoms with Crippen LogP contribution >= 0.6 is 15.9 Å². The number of amides is 3. The third-order valence-corrected chi connectivity index (χ3v) is 8.26. The van der Waals surface area contributed by atoms with Crippen LogP contribution in [0.1, 0.15) is 40.7 Å². The van der Waals surface area contributed by atoms with Crippen molar-refractivity contribution >= 4 is 51.0 Å². The number of ether oxygens (including phenoxy) is 1. The molecule has 1 aliphatic heterocycles. The van der Waals surface area contributed by atoms with Gasteiger partial charge in [-0.15, -0.1) is 0 Å². The van der Waals surface area contributed by atoms with Gasteiger partial charge in [-0.05, 0) is 92.5 Å². The number of carbonyl (C=O) groups is 4. The summed E-state index contributed by atoms with van der Waals surface area (Å²) < 4.78 is 6.10. The van der Waals surface area contributed by atoms with Crippen molar-refractivity contribution in [1.29, 1.82) is 0 Å². The summed E-state index contributed by atoms with van der Waals surface area (Å²) in [6, 6.07) is 9.96. The standard InChI is InChI=1S/C26H25BrN2O5/c1-13-10-20(14(2)9-19(13)27)28-21(30)12-34-26(33)15-5-7-18(8-6-15)29-24(31)22-16-3-4-17(11-16)23(22)25(29)32/h5-10,16-17,22-23H,3-4,11-12H2,1-2H3,(H,28,30)/t16-,17-,22+,23+/m0/s1. The van der Waals surface area contributed by atoms with Crippen LogP contribution in [0.3, 0.4) is 0 Å². The average Bonchev–Trinajstić information content (AvgIpc) is 3.49. The Kier molecular flexibility index (Phi) is 5.80. The van der Waals surface area contributed by atoms with Crippen LogP contribution < -0.4 is 10.2 Å². The number of fused-ring (bicyclic) bond motifs is 5. The number of benzene rings is 2. The summed E-state index contributed by atoms with van der Waals surface area (Å²) in [5.41, 5.74) is 3.23. The molecule has 5 rings (SSSR count). The van der Waals surface area contributed by atoms with Crippen LogP contribution in [0.4, 0.5) is 11.4 Å². The van der Waals surface area contributed by atoms with Crippen molar-refractivity contribution < 1.29 is 23.9 Å². The predicted octanol–water partition coefficient (Wildman–Crippen LogP) is 4.40. The van der Waals surface area contributed by atoms with Gasteiger partial charge in [0, 0.05) is 10.2 Å². The fourth-order valence-corrected chi connectivity index (χ4v) is 6.18. The molecule has 8 heteroatoms. The molecule has 7 nitrogen and oxygen atoms in total. The first-order chi connectivity index (χ1) is 16.2. The Hall–Kier alpha value is -3.00. The minimum atomic E-state index is -0.653. The van der Waals surface area contributed by atoms with Gasteiger partial charge in [-0.1, -0.05) is 15.9 Å². The van der Waals surface area contributed by atoms with Gasteiger partial charge in [0.05, 0.1) is 23.1 Å². The van der Waals surface area contributed by atoms with Crippen molar-refractivity contribution in [2.24, 2.45) is 23.7 Å². The van der Waals surface area contributed by atoms with Crippen molar-refractivity contribution in [2.75, 3.05) is 16.8 Å². The number of halogens is 1. The second-order valence-electron chi connectivity index (χ2n) is 9.48. The first-order valence-electron chi connectivity index (χ1n) is 11.5. The van der Waals surface area contributed by atoms with E-state index in [0.29, 0.717) is 23.2 Å². The Morgan fingerprint density at radius 2 is 1.62 bits per heavy atom. The highest BCUT2D eigenvalue weighted by Gasteiger charge is 2.61. The molecule has 2 bridgehead atoms. The Bertz CT molecular complexity index is 1180. The van der Waals surface area contributed by atoms with E-state index in [1.807, 2.05) is 26.0 Å². The molecule has 3 amide bonds. The summed E-state index contributed by atoms with van der Waals surface area (Å²) in [6.07, 6.45) is 3.04. The topological polar surface area (TPSA) is 92.8 Å². The van der Waals surface area contributed by atoms with Crippen LogP contribution in [0.2, 0.25) is 0 Å². The maximum absolute atomic E-state index is 13.0. The number of hydrogen-bond acceptors (Lipinski definition) is 5. The van der Waals surface area contributed by atoms with E-state index in [1.165, 1.54) is 17.0 Å². The quantitative estimate of drug-likeness (QED) is 0.462. The molecule has 3 aliphatic rings. The largest absolute Gasteiger partial charge is 0.452 e. The van der Waals surface area contributed by atoms with E-state index in [0.717, 1.165) is 34.9 Å². The van der Waals surface area contributed by atoms with Crippen molar-refractivity contribution in [1.82, 2.24) is 0 Å². The molecule has 0 radical (unpaired) electrons. The number of esters is 1. The van der Waals surface area contributed by atoms with Crippen LogP contribution in [0.5, 0.6) is 0 Å². The van der Waals surface area contributed by atoms with E-state index in [9.17, 15) is 19.2 Å². The van der Waals surface area contributed by atoms with E-state index < -0.39 is 18.5 Å². The van der Waals surface area contributed by atoms with Gasteiger partial charge in [0.15, 0.2) is 6.61 Å². The molecule has 2 aromatic rings. The van der Waals surface area contributed by atoms with Crippen LogP contribution in [0.25, 0.3) is 0 Å². The molecule has 3 fully saturated rings. The first kappa shape index (κ1) is 22.8. The van der Waals surface area contributed by atoms with E-state index >= 15 is 0 Å². The van der Waals surface area contributed by atoms with Crippen LogP contribution in [-0.2, 0) is 19.1 Å². The highest BCUT2D eigenvalue weighted by molar-refractivity contribution is 9.10. The minimum Gasteiger partial charge on any atom is -0.452 e. The van der Waals surface area contributed by atoms with Gasteiger partial charge in [-0.25, -0.2) is 4.79 Å². The lowest BCUT2D eigenvalue weighted by Gasteiger charge is -2.19. The molecular weight excluding hydrogens is 500 g/mol. The van der Waals surface area contributed by atoms with Crippen molar-refractivity contribution in [3.05, 3.63) is 57.6 Å². The monoisotopic (exact) mass is 524 g/mol. The number of aryl methyl sites for hydroxylation is 2. The fraction of sp³-hybridized carbons (Fsp3) is 0.385. The molecule has 1 heterocycles. The smallest absolute Gasteiger partial charge is 0.338 e. The second kappa shape index (κ2) is 8.65. The third kappa shape index (κ3) is 3.83. The fourth-order valence-electron chi connectivity index (χ4n) is 5.73. The van der Waals surface area contributed by atoms with Gasteiger partial charge in [0.1, 0.15) is 0 Å². The van der Waals surface area contributed by atoms with Crippen molar-refractivity contribution in [3.8, 4) is 0 Å². The highest BCUT2D eigenvalue weighted by atomic mass is 79.9. The zero-order valence-corrected chi connectivity index (χ0v) is 20.6. The molecule has 0 spiro atoms. The molecule has 0 unspecified atom stereocenters. The Morgan fingerprint density at radius 1 is 1.00 bits per heavy atom. The van der Waals surface area contributed by atoms with Crippen molar-refractivity contribution in [2.45, 2.75) is 33.1 Å². The number of nitrogens with one attached hydrogen (secondary N) is 1.